The van der Waals surface area contributed by atoms with Gasteiger partial charge >= 0.3 is 17.6 Å². The second-order valence-corrected chi connectivity index (χ2v) is 7.57. The lowest BCUT2D eigenvalue weighted by atomic mass is 10.1. The molecule has 2 heterocycles. The van der Waals surface area contributed by atoms with E-state index in [1.165, 1.54) is 6.07 Å². The number of oxazole rings is 1. The van der Waals surface area contributed by atoms with Crippen LogP contribution in [-0.4, -0.2) is 54.5 Å². The summed E-state index contributed by atoms with van der Waals surface area (Å²) in [6, 6.07) is 12.9. The number of benzene rings is 2. The Morgan fingerprint density at radius 1 is 1.19 bits per heavy atom. The van der Waals surface area contributed by atoms with E-state index >= 15 is 0 Å². The second kappa shape index (κ2) is 8.65. The summed E-state index contributed by atoms with van der Waals surface area (Å²) in [6.07, 6.45) is 0. The Labute approximate surface area is 178 Å². The molecular weight excluding hydrogens is 400 g/mol. The highest BCUT2D eigenvalue weighted by atomic mass is 16.5. The van der Waals surface area contributed by atoms with Gasteiger partial charge in [0.1, 0.15) is 0 Å². The molecule has 31 heavy (non-hydrogen) atoms. The van der Waals surface area contributed by atoms with Gasteiger partial charge in [0.15, 0.2) is 5.58 Å². The van der Waals surface area contributed by atoms with Gasteiger partial charge in [-0.05, 0) is 36.8 Å². The van der Waals surface area contributed by atoms with Crippen LogP contribution in [0.15, 0.2) is 51.7 Å². The quantitative estimate of drug-likeness (QED) is 0.620. The highest BCUT2D eigenvalue weighted by Gasteiger charge is 2.30. The number of anilines is 2. The van der Waals surface area contributed by atoms with Crippen molar-refractivity contribution in [2.75, 3.05) is 37.0 Å². The molecular formula is C22H24N4O5. The third-order valence-corrected chi connectivity index (χ3v) is 5.37. The SMILES string of the molecule is COCc1ccc(N2CCN(C(=O)C(=O)Nc3ccc4[nH]c(=O)oc4c3)C[C@H]2C)cc1. The number of nitrogens with one attached hydrogen (secondary N) is 2. The molecule has 1 atom stereocenters. The summed E-state index contributed by atoms with van der Waals surface area (Å²) in [5, 5.41) is 2.58. The molecule has 2 aromatic carbocycles. The van der Waals surface area contributed by atoms with E-state index in [0.29, 0.717) is 43.0 Å². The summed E-state index contributed by atoms with van der Waals surface area (Å²) >= 11 is 0. The van der Waals surface area contributed by atoms with Crippen LogP contribution in [0.4, 0.5) is 11.4 Å². The maximum absolute atomic E-state index is 12.7. The number of nitrogens with zero attached hydrogens (tertiary/aromatic N) is 2. The van der Waals surface area contributed by atoms with Gasteiger partial charge in [0.25, 0.3) is 0 Å². The van der Waals surface area contributed by atoms with Crippen molar-refractivity contribution in [3.8, 4) is 0 Å². The van der Waals surface area contributed by atoms with Crippen molar-refractivity contribution >= 4 is 34.3 Å². The minimum Gasteiger partial charge on any atom is -0.408 e. The van der Waals surface area contributed by atoms with E-state index < -0.39 is 17.6 Å². The number of carbonyl (C=O) groups excluding carboxylic acids is 2. The van der Waals surface area contributed by atoms with Crippen molar-refractivity contribution in [2.45, 2.75) is 19.6 Å². The van der Waals surface area contributed by atoms with E-state index in [4.69, 9.17) is 9.15 Å². The van der Waals surface area contributed by atoms with Crippen molar-refractivity contribution in [3.05, 3.63) is 58.6 Å². The molecule has 0 bridgehead atoms. The zero-order valence-electron chi connectivity index (χ0n) is 17.4. The fraction of sp³-hybridized carbons (Fsp3) is 0.318. The summed E-state index contributed by atoms with van der Waals surface area (Å²) in [6.45, 7) is 4.11. The molecule has 1 saturated heterocycles. The van der Waals surface area contributed by atoms with Gasteiger partial charge in [-0.25, -0.2) is 4.79 Å². The predicted octanol–water partition coefficient (Wildman–Crippen LogP) is 1.94. The number of fused-ring (bicyclic) bond motifs is 1. The topological polar surface area (TPSA) is 108 Å². The van der Waals surface area contributed by atoms with Crippen LogP contribution in [0.2, 0.25) is 0 Å². The zero-order valence-corrected chi connectivity index (χ0v) is 17.4. The fourth-order valence-corrected chi connectivity index (χ4v) is 3.83. The molecule has 9 heteroatoms. The summed E-state index contributed by atoms with van der Waals surface area (Å²) in [4.78, 5) is 42.7. The van der Waals surface area contributed by atoms with Gasteiger partial charge in [-0.3, -0.25) is 14.6 Å². The van der Waals surface area contributed by atoms with Crippen LogP contribution in [0.3, 0.4) is 0 Å². The summed E-state index contributed by atoms with van der Waals surface area (Å²) in [5.41, 5.74) is 3.40. The summed E-state index contributed by atoms with van der Waals surface area (Å²) < 4.78 is 10.1. The molecule has 0 spiro atoms. The molecule has 2 N–H and O–H groups in total. The van der Waals surface area contributed by atoms with Crippen LogP contribution in [0.5, 0.6) is 0 Å². The van der Waals surface area contributed by atoms with Gasteiger partial charge in [-0.2, -0.15) is 0 Å². The van der Waals surface area contributed by atoms with E-state index in [1.807, 2.05) is 31.2 Å². The van der Waals surface area contributed by atoms with Crippen molar-refractivity contribution in [2.24, 2.45) is 0 Å². The van der Waals surface area contributed by atoms with Crippen LogP contribution < -0.4 is 16.0 Å². The number of rotatable bonds is 4. The maximum atomic E-state index is 12.7. The monoisotopic (exact) mass is 424 g/mol. The molecule has 2 amide bonds. The first-order valence-electron chi connectivity index (χ1n) is 10.0. The lowest BCUT2D eigenvalue weighted by molar-refractivity contribution is -0.143. The predicted molar refractivity (Wildman–Crippen MR) is 116 cm³/mol. The van der Waals surface area contributed by atoms with Crippen LogP contribution in [-0.2, 0) is 20.9 Å². The van der Waals surface area contributed by atoms with Gasteiger partial charge in [-0.1, -0.05) is 12.1 Å². The highest BCUT2D eigenvalue weighted by Crippen LogP contribution is 2.22. The molecule has 0 saturated carbocycles. The van der Waals surface area contributed by atoms with Crippen LogP contribution >= 0.6 is 0 Å². The first-order chi connectivity index (χ1) is 14.9. The van der Waals surface area contributed by atoms with Crippen molar-refractivity contribution in [1.82, 2.24) is 9.88 Å². The fourth-order valence-electron chi connectivity index (χ4n) is 3.83. The van der Waals surface area contributed by atoms with Crippen molar-refractivity contribution in [1.29, 1.82) is 0 Å². The number of hydrogen-bond donors (Lipinski definition) is 2. The molecule has 3 aromatic rings. The van der Waals surface area contributed by atoms with E-state index in [9.17, 15) is 14.4 Å². The molecule has 1 aliphatic rings. The lowest BCUT2D eigenvalue weighted by Gasteiger charge is -2.41. The number of methoxy groups -OCH3 is 1. The minimum atomic E-state index is -0.721. The van der Waals surface area contributed by atoms with Crippen LogP contribution in [0.25, 0.3) is 11.1 Å². The Morgan fingerprint density at radius 3 is 2.68 bits per heavy atom. The first-order valence-corrected chi connectivity index (χ1v) is 10.0. The largest absolute Gasteiger partial charge is 0.417 e. The Bertz CT molecular complexity index is 1150. The zero-order chi connectivity index (χ0) is 22.0. The van der Waals surface area contributed by atoms with Gasteiger partial charge < -0.3 is 24.3 Å². The van der Waals surface area contributed by atoms with Gasteiger partial charge in [-0.15, -0.1) is 0 Å². The number of carbonyl (C=O) groups is 2. The third-order valence-electron chi connectivity index (χ3n) is 5.37. The smallest absolute Gasteiger partial charge is 0.408 e. The number of amides is 2. The number of aromatic nitrogens is 1. The molecule has 4 rings (SSSR count). The van der Waals surface area contributed by atoms with Gasteiger partial charge in [0.05, 0.1) is 12.1 Å². The van der Waals surface area contributed by atoms with E-state index in [-0.39, 0.29) is 6.04 Å². The summed E-state index contributed by atoms with van der Waals surface area (Å²) in [5.74, 6) is -1.88. The molecule has 0 unspecified atom stereocenters. The first kappa shape index (κ1) is 20.7. The second-order valence-electron chi connectivity index (χ2n) is 7.57. The number of H-pyrrole nitrogens is 1. The van der Waals surface area contributed by atoms with Crippen molar-refractivity contribution < 1.29 is 18.7 Å². The van der Waals surface area contributed by atoms with Crippen LogP contribution in [0.1, 0.15) is 12.5 Å². The average Bonchev–Trinajstić information content (AvgIpc) is 3.13. The Kier molecular flexibility index (Phi) is 5.77. The minimum absolute atomic E-state index is 0.0595. The molecule has 1 aliphatic heterocycles. The van der Waals surface area contributed by atoms with Gasteiger partial charge in [0.2, 0.25) is 0 Å². The third kappa shape index (κ3) is 4.46. The Balaban J connectivity index is 1.37. The molecule has 0 radical (unpaired) electrons. The number of aromatic amines is 1. The van der Waals surface area contributed by atoms with Crippen LogP contribution in [0, 0.1) is 0 Å². The molecule has 0 aliphatic carbocycles. The Hall–Kier alpha value is -3.59. The lowest BCUT2D eigenvalue weighted by Crippen LogP contribution is -2.55. The number of ether oxygens (including phenoxy) is 1. The number of piperazine rings is 1. The normalized spacial score (nSPS) is 16.5. The maximum Gasteiger partial charge on any atom is 0.417 e. The standard InChI is InChI=1S/C22H24N4O5/c1-14-12-25(9-10-26(14)17-6-3-15(4-7-17)13-30-2)21(28)20(27)23-16-5-8-18-19(11-16)31-22(29)24-18/h3-8,11,14H,9-10,12-13H2,1-2H3,(H,23,27)(H,24,29)/t14-/m1/s1. The summed E-state index contributed by atoms with van der Waals surface area (Å²) in [7, 11) is 1.67. The molecule has 162 valence electrons. The average molecular weight is 424 g/mol. The molecule has 1 aromatic heterocycles. The Morgan fingerprint density at radius 2 is 1.97 bits per heavy atom. The van der Waals surface area contributed by atoms with E-state index in [0.717, 1.165) is 11.3 Å². The molecule has 9 nitrogen and oxygen atoms in total. The van der Waals surface area contributed by atoms with Gasteiger partial charge in [0, 0.05) is 50.2 Å². The van der Waals surface area contributed by atoms with Crippen molar-refractivity contribution in [3.63, 3.8) is 0 Å². The highest BCUT2D eigenvalue weighted by molar-refractivity contribution is 6.39. The number of hydrogen-bond acceptors (Lipinski definition) is 6. The van der Waals surface area contributed by atoms with E-state index in [2.05, 4.69) is 15.2 Å². The van der Waals surface area contributed by atoms with E-state index in [1.54, 1.807) is 24.1 Å². The molecule has 1 fully saturated rings.